The Morgan fingerprint density at radius 3 is 1.89 bits per heavy atom. The van der Waals surface area contributed by atoms with Gasteiger partial charge < -0.3 is 14.2 Å². The van der Waals surface area contributed by atoms with Gasteiger partial charge in [0.25, 0.3) is 0 Å². The summed E-state index contributed by atoms with van der Waals surface area (Å²) in [7, 11) is 0. The van der Waals surface area contributed by atoms with Crippen LogP contribution in [-0.4, -0.2) is 26.1 Å². The molecule has 0 unspecified atom stereocenters. The minimum atomic E-state index is -1.05. The average molecular weight is 517 g/mol. The molecule has 3 nitrogen and oxygen atoms in total. The molecule has 198 valence electrons. The van der Waals surface area contributed by atoms with E-state index in [9.17, 15) is 8.78 Å². The number of halogens is 4. The van der Waals surface area contributed by atoms with Crippen LogP contribution in [0.15, 0.2) is 48.5 Å². The van der Waals surface area contributed by atoms with E-state index in [2.05, 4.69) is 6.92 Å². The van der Waals surface area contributed by atoms with Gasteiger partial charge in [-0.1, -0.05) is 63.1 Å². The minimum Gasteiger partial charge on any atom is -0.490 e. The summed E-state index contributed by atoms with van der Waals surface area (Å²) in [5, 5.41) is 0. The molecule has 0 spiro atoms. The molecular formula is C30H32F4O3. The van der Waals surface area contributed by atoms with Crippen molar-refractivity contribution in [3.05, 3.63) is 77.4 Å². The number of rotatable bonds is 10. The van der Waals surface area contributed by atoms with Crippen LogP contribution < -0.4 is 4.74 Å². The molecule has 0 amide bonds. The summed E-state index contributed by atoms with van der Waals surface area (Å²) in [6.45, 7) is 4.82. The van der Waals surface area contributed by atoms with Crippen LogP contribution in [0.3, 0.4) is 0 Å². The first-order valence-electron chi connectivity index (χ1n) is 12.9. The van der Waals surface area contributed by atoms with E-state index in [0.29, 0.717) is 17.5 Å². The molecule has 0 radical (unpaired) electrons. The summed E-state index contributed by atoms with van der Waals surface area (Å²) in [6.07, 6.45) is 4.37. The molecule has 1 aliphatic rings. The summed E-state index contributed by atoms with van der Waals surface area (Å²) in [4.78, 5) is 0. The minimum absolute atomic E-state index is 0.0557. The number of hydrogen-bond acceptors (Lipinski definition) is 3. The van der Waals surface area contributed by atoms with E-state index in [1.54, 1.807) is 30.3 Å². The lowest BCUT2D eigenvalue weighted by atomic mass is 9.94. The summed E-state index contributed by atoms with van der Waals surface area (Å²) >= 11 is 0. The van der Waals surface area contributed by atoms with Crippen molar-refractivity contribution in [2.24, 2.45) is 0 Å². The SMILES string of the molecule is CCCCCC1OCC(c2ccc(-c3ccc(-c4ccc(OCCC)c(F)c4F)cc3)c(F)c2F)CO1. The van der Waals surface area contributed by atoms with Crippen LogP contribution in [0.1, 0.15) is 57.4 Å². The fourth-order valence-corrected chi connectivity index (χ4v) is 4.46. The first-order valence-corrected chi connectivity index (χ1v) is 12.9. The zero-order chi connectivity index (χ0) is 26.4. The summed E-state index contributed by atoms with van der Waals surface area (Å²) in [5.74, 6) is -4.51. The summed E-state index contributed by atoms with van der Waals surface area (Å²) in [5.41, 5.74) is 1.18. The Hall–Kier alpha value is -2.90. The van der Waals surface area contributed by atoms with Gasteiger partial charge in [0.1, 0.15) is 0 Å². The first kappa shape index (κ1) is 27.1. The standard InChI is InChI=1S/C30H32F4O3/c1-3-5-6-7-26-36-17-21(18-37-26)24-13-12-22(27(31)28(24)32)19-8-10-20(11-9-19)23-14-15-25(35-16-4-2)30(34)29(23)33/h8-15,21,26H,3-7,16-18H2,1-2H3. The Bertz CT molecular complexity index is 1190. The molecule has 0 atom stereocenters. The highest BCUT2D eigenvalue weighted by Crippen LogP contribution is 2.34. The highest BCUT2D eigenvalue weighted by Gasteiger charge is 2.27. The molecule has 1 fully saturated rings. The van der Waals surface area contributed by atoms with Gasteiger partial charge in [-0.05, 0) is 48.1 Å². The molecule has 0 aromatic heterocycles. The molecule has 0 N–H and O–H groups in total. The van der Waals surface area contributed by atoms with E-state index in [-0.39, 0.29) is 48.6 Å². The Morgan fingerprint density at radius 2 is 1.30 bits per heavy atom. The van der Waals surface area contributed by atoms with E-state index in [1.165, 1.54) is 18.2 Å². The quantitative estimate of drug-likeness (QED) is 0.200. The lowest BCUT2D eigenvalue weighted by Crippen LogP contribution is -2.31. The molecule has 0 saturated carbocycles. The third kappa shape index (κ3) is 6.16. The van der Waals surface area contributed by atoms with Gasteiger partial charge in [0.2, 0.25) is 5.82 Å². The van der Waals surface area contributed by atoms with Crippen LogP contribution in [0.5, 0.6) is 5.75 Å². The molecule has 1 heterocycles. The lowest BCUT2D eigenvalue weighted by Gasteiger charge is -2.30. The second-order valence-corrected chi connectivity index (χ2v) is 9.28. The first-order chi connectivity index (χ1) is 17.9. The van der Waals surface area contributed by atoms with Gasteiger partial charge in [-0.2, -0.15) is 4.39 Å². The zero-order valence-corrected chi connectivity index (χ0v) is 21.2. The molecule has 0 bridgehead atoms. The van der Waals surface area contributed by atoms with Crippen molar-refractivity contribution < 1.29 is 31.8 Å². The normalized spacial score (nSPS) is 17.7. The average Bonchev–Trinajstić information content (AvgIpc) is 2.92. The number of unbranched alkanes of at least 4 members (excludes halogenated alkanes) is 2. The topological polar surface area (TPSA) is 27.7 Å². The van der Waals surface area contributed by atoms with Crippen molar-refractivity contribution in [2.45, 2.75) is 58.2 Å². The largest absolute Gasteiger partial charge is 0.490 e. The third-order valence-electron chi connectivity index (χ3n) is 6.58. The van der Waals surface area contributed by atoms with Crippen molar-refractivity contribution in [1.29, 1.82) is 0 Å². The summed E-state index contributed by atoms with van der Waals surface area (Å²) < 4.78 is 75.9. The van der Waals surface area contributed by atoms with E-state index >= 15 is 8.78 Å². The number of ether oxygens (including phenoxy) is 3. The molecule has 0 aliphatic carbocycles. The van der Waals surface area contributed by atoms with Gasteiger partial charge in [0.15, 0.2) is 29.5 Å². The second kappa shape index (κ2) is 12.6. The van der Waals surface area contributed by atoms with E-state index in [4.69, 9.17) is 14.2 Å². The van der Waals surface area contributed by atoms with E-state index in [1.807, 2.05) is 6.92 Å². The molecule has 1 saturated heterocycles. The van der Waals surface area contributed by atoms with E-state index < -0.39 is 29.2 Å². The lowest BCUT2D eigenvalue weighted by molar-refractivity contribution is -0.190. The van der Waals surface area contributed by atoms with Crippen molar-refractivity contribution in [3.8, 4) is 28.0 Å². The zero-order valence-electron chi connectivity index (χ0n) is 21.2. The number of hydrogen-bond donors (Lipinski definition) is 0. The van der Waals surface area contributed by atoms with Crippen LogP contribution >= 0.6 is 0 Å². The summed E-state index contributed by atoms with van der Waals surface area (Å²) in [6, 6.07) is 12.1. The highest BCUT2D eigenvalue weighted by molar-refractivity contribution is 5.71. The molecule has 3 aromatic rings. The van der Waals surface area contributed by atoms with Crippen LogP contribution in [-0.2, 0) is 9.47 Å². The van der Waals surface area contributed by atoms with Crippen molar-refractivity contribution in [3.63, 3.8) is 0 Å². The monoisotopic (exact) mass is 516 g/mol. The molecule has 4 rings (SSSR count). The highest BCUT2D eigenvalue weighted by atomic mass is 19.2. The van der Waals surface area contributed by atoms with Gasteiger partial charge in [0, 0.05) is 17.0 Å². The fourth-order valence-electron chi connectivity index (χ4n) is 4.46. The van der Waals surface area contributed by atoms with Crippen molar-refractivity contribution in [1.82, 2.24) is 0 Å². The Kier molecular flexibility index (Phi) is 9.22. The van der Waals surface area contributed by atoms with Gasteiger partial charge in [0.05, 0.1) is 19.8 Å². The molecule has 7 heteroatoms. The Labute approximate surface area is 215 Å². The van der Waals surface area contributed by atoms with Crippen LogP contribution in [0.2, 0.25) is 0 Å². The van der Waals surface area contributed by atoms with Crippen molar-refractivity contribution >= 4 is 0 Å². The Morgan fingerprint density at radius 1 is 0.703 bits per heavy atom. The van der Waals surface area contributed by atoms with Crippen LogP contribution in [0.25, 0.3) is 22.3 Å². The third-order valence-corrected chi connectivity index (χ3v) is 6.58. The fraction of sp³-hybridized carbons (Fsp3) is 0.400. The van der Waals surface area contributed by atoms with Gasteiger partial charge >= 0.3 is 0 Å². The maximum atomic E-state index is 15.1. The van der Waals surface area contributed by atoms with Gasteiger partial charge in [-0.3, -0.25) is 0 Å². The molecule has 3 aromatic carbocycles. The predicted octanol–water partition coefficient (Wildman–Crippen LogP) is 8.40. The maximum Gasteiger partial charge on any atom is 0.201 e. The molecule has 37 heavy (non-hydrogen) atoms. The van der Waals surface area contributed by atoms with Gasteiger partial charge in [-0.15, -0.1) is 0 Å². The van der Waals surface area contributed by atoms with E-state index in [0.717, 1.165) is 25.7 Å². The Balaban J connectivity index is 1.48. The van der Waals surface area contributed by atoms with Crippen molar-refractivity contribution in [2.75, 3.05) is 19.8 Å². The molecule has 1 aliphatic heterocycles. The maximum absolute atomic E-state index is 15.1. The smallest absolute Gasteiger partial charge is 0.201 e. The number of benzene rings is 3. The predicted molar refractivity (Wildman–Crippen MR) is 136 cm³/mol. The van der Waals surface area contributed by atoms with Crippen LogP contribution in [0, 0.1) is 23.3 Å². The van der Waals surface area contributed by atoms with Crippen LogP contribution in [0.4, 0.5) is 17.6 Å². The second-order valence-electron chi connectivity index (χ2n) is 9.28. The molecular weight excluding hydrogens is 484 g/mol. The van der Waals surface area contributed by atoms with Gasteiger partial charge in [-0.25, -0.2) is 13.2 Å².